The summed E-state index contributed by atoms with van der Waals surface area (Å²) in [5, 5.41) is 2.82. The van der Waals surface area contributed by atoms with Crippen LogP contribution in [0.4, 0.5) is 5.69 Å². The fraction of sp³-hybridized carbons (Fsp3) is 0.211. The van der Waals surface area contributed by atoms with Crippen molar-refractivity contribution in [3.05, 3.63) is 59.9 Å². The number of imidazole rings is 1. The number of carbonyl (C=O) groups is 2. The normalized spacial score (nSPS) is 11.0. The molecule has 3 aromatic rings. The van der Waals surface area contributed by atoms with Crippen LogP contribution in [0.3, 0.4) is 0 Å². The van der Waals surface area contributed by atoms with Crippen molar-refractivity contribution in [3.63, 3.8) is 0 Å². The zero-order valence-electron chi connectivity index (χ0n) is 13.9. The minimum Gasteiger partial charge on any atom is -0.328 e. The molecule has 122 valence electrons. The Morgan fingerprint density at radius 2 is 1.88 bits per heavy atom. The van der Waals surface area contributed by atoms with E-state index < -0.39 is 0 Å². The van der Waals surface area contributed by atoms with Gasteiger partial charge in [-0.2, -0.15) is 0 Å². The van der Waals surface area contributed by atoms with E-state index in [-0.39, 0.29) is 11.7 Å². The molecule has 0 atom stereocenters. The second kappa shape index (κ2) is 6.28. The van der Waals surface area contributed by atoms with E-state index in [0.29, 0.717) is 22.9 Å². The van der Waals surface area contributed by atoms with E-state index in [1.54, 1.807) is 42.7 Å². The lowest BCUT2D eigenvalue weighted by Gasteiger charge is -2.09. The van der Waals surface area contributed by atoms with Gasteiger partial charge < -0.3 is 9.88 Å². The van der Waals surface area contributed by atoms with Gasteiger partial charge in [0, 0.05) is 22.9 Å². The Bertz CT molecular complexity index is 925. The highest BCUT2D eigenvalue weighted by molar-refractivity contribution is 6.06. The van der Waals surface area contributed by atoms with Crippen molar-refractivity contribution >= 4 is 28.4 Å². The first-order valence-corrected chi connectivity index (χ1v) is 7.84. The Hall–Kier alpha value is -2.95. The van der Waals surface area contributed by atoms with Crippen molar-refractivity contribution in [2.24, 2.45) is 0 Å². The first-order chi connectivity index (χ1) is 11.5. The lowest BCUT2D eigenvalue weighted by atomic mass is 10.1. The molecule has 0 bridgehead atoms. The van der Waals surface area contributed by atoms with E-state index in [9.17, 15) is 9.59 Å². The molecule has 5 heteroatoms. The van der Waals surface area contributed by atoms with E-state index in [1.807, 2.05) is 6.07 Å². The van der Waals surface area contributed by atoms with Gasteiger partial charge in [-0.25, -0.2) is 4.98 Å². The van der Waals surface area contributed by atoms with E-state index in [1.165, 1.54) is 6.92 Å². The quantitative estimate of drug-likeness (QED) is 0.737. The molecule has 0 unspecified atom stereocenters. The van der Waals surface area contributed by atoms with Crippen LogP contribution in [0.1, 0.15) is 47.5 Å². The summed E-state index contributed by atoms with van der Waals surface area (Å²) in [6, 6.07) is 12.7. The third kappa shape index (κ3) is 3.06. The Morgan fingerprint density at radius 3 is 2.58 bits per heavy atom. The number of nitrogens with zero attached hydrogens (tertiary/aromatic N) is 2. The molecule has 0 aliphatic carbocycles. The molecular weight excluding hydrogens is 302 g/mol. The molecule has 24 heavy (non-hydrogen) atoms. The standard InChI is InChI=1S/C19H19N3O2/c1-12(2)22-11-20-17-10-15(7-8-18(17)22)19(24)21-16-6-4-5-14(9-16)13(3)23/h4-12H,1-3H3,(H,21,24). The van der Waals surface area contributed by atoms with Crippen LogP contribution in [0, 0.1) is 0 Å². The van der Waals surface area contributed by atoms with Gasteiger partial charge in [0.2, 0.25) is 0 Å². The number of hydrogen-bond acceptors (Lipinski definition) is 3. The van der Waals surface area contributed by atoms with Gasteiger partial charge in [-0.1, -0.05) is 12.1 Å². The number of hydrogen-bond donors (Lipinski definition) is 1. The molecule has 3 rings (SSSR count). The average Bonchev–Trinajstić information content (AvgIpc) is 2.98. The van der Waals surface area contributed by atoms with Gasteiger partial charge >= 0.3 is 0 Å². The summed E-state index contributed by atoms with van der Waals surface area (Å²) in [4.78, 5) is 28.2. The monoisotopic (exact) mass is 321 g/mol. The lowest BCUT2D eigenvalue weighted by Crippen LogP contribution is -2.12. The molecule has 0 saturated heterocycles. The first-order valence-electron chi connectivity index (χ1n) is 7.84. The molecule has 1 N–H and O–H groups in total. The molecular formula is C19H19N3O2. The van der Waals surface area contributed by atoms with Crippen LogP contribution in [-0.4, -0.2) is 21.2 Å². The van der Waals surface area contributed by atoms with Crippen LogP contribution < -0.4 is 5.32 Å². The van der Waals surface area contributed by atoms with Gasteiger partial charge in [0.15, 0.2) is 5.78 Å². The number of carbonyl (C=O) groups excluding carboxylic acids is 2. The summed E-state index contributed by atoms with van der Waals surface area (Å²) in [7, 11) is 0. The van der Waals surface area contributed by atoms with Crippen LogP contribution in [0.2, 0.25) is 0 Å². The maximum Gasteiger partial charge on any atom is 0.255 e. The van der Waals surface area contributed by atoms with Gasteiger partial charge in [-0.3, -0.25) is 9.59 Å². The number of benzene rings is 2. The third-order valence-corrected chi connectivity index (χ3v) is 3.92. The van der Waals surface area contributed by atoms with Crippen LogP contribution in [0.15, 0.2) is 48.8 Å². The Labute approximate surface area is 140 Å². The van der Waals surface area contributed by atoms with Gasteiger partial charge in [-0.15, -0.1) is 0 Å². The highest BCUT2D eigenvalue weighted by Crippen LogP contribution is 2.20. The SMILES string of the molecule is CC(=O)c1cccc(NC(=O)c2ccc3c(c2)ncn3C(C)C)c1. The second-order valence-electron chi connectivity index (χ2n) is 6.04. The maximum absolute atomic E-state index is 12.4. The van der Waals surface area contributed by atoms with Crippen LogP contribution in [-0.2, 0) is 0 Å². The van der Waals surface area contributed by atoms with Gasteiger partial charge in [-0.05, 0) is 51.1 Å². The van der Waals surface area contributed by atoms with Crippen molar-refractivity contribution < 1.29 is 9.59 Å². The minimum absolute atomic E-state index is 0.0354. The number of aromatic nitrogens is 2. The molecule has 5 nitrogen and oxygen atoms in total. The molecule has 0 saturated carbocycles. The van der Waals surface area contributed by atoms with Gasteiger partial charge in [0.05, 0.1) is 17.4 Å². The lowest BCUT2D eigenvalue weighted by molar-refractivity contribution is 0.101. The predicted octanol–water partition coefficient (Wildman–Crippen LogP) is 4.07. The highest BCUT2D eigenvalue weighted by Gasteiger charge is 2.11. The maximum atomic E-state index is 12.4. The zero-order chi connectivity index (χ0) is 17.3. The first kappa shape index (κ1) is 15.9. The number of fused-ring (bicyclic) bond motifs is 1. The molecule has 0 fully saturated rings. The van der Waals surface area contributed by atoms with Crippen molar-refractivity contribution in [3.8, 4) is 0 Å². The smallest absolute Gasteiger partial charge is 0.255 e. The summed E-state index contributed by atoms with van der Waals surface area (Å²) >= 11 is 0. The van der Waals surface area contributed by atoms with Crippen LogP contribution in [0.25, 0.3) is 11.0 Å². The van der Waals surface area contributed by atoms with Crippen molar-refractivity contribution in [1.29, 1.82) is 0 Å². The van der Waals surface area contributed by atoms with E-state index >= 15 is 0 Å². The fourth-order valence-corrected chi connectivity index (χ4v) is 2.60. The highest BCUT2D eigenvalue weighted by atomic mass is 16.1. The van der Waals surface area contributed by atoms with Gasteiger partial charge in [0.1, 0.15) is 0 Å². The Balaban J connectivity index is 1.86. The summed E-state index contributed by atoms with van der Waals surface area (Å²) in [5.41, 5.74) is 3.48. The topological polar surface area (TPSA) is 64.0 Å². The molecule has 1 aromatic heterocycles. The van der Waals surface area contributed by atoms with Crippen molar-refractivity contribution in [2.45, 2.75) is 26.8 Å². The van der Waals surface area contributed by atoms with E-state index in [4.69, 9.17) is 0 Å². The molecule has 0 spiro atoms. The number of rotatable bonds is 4. The van der Waals surface area contributed by atoms with Crippen molar-refractivity contribution in [1.82, 2.24) is 9.55 Å². The fourth-order valence-electron chi connectivity index (χ4n) is 2.60. The molecule has 0 aliphatic rings. The average molecular weight is 321 g/mol. The number of anilines is 1. The largest absolute Gasteiger partial charge is 0.328 e. The van der Waals surface area contributed by atoms with Crippen LogP contribution in [0.5, 0.6) is 0 Å². The Kier molecular flexibility index (Phi) is 4.16. The number of ketones is 1. The molecule has 0 radical (unpaired) electrons. The number of nitrogens with one attached hydrogen (secondary N) is 1. The predicted molar refractivity (Wildman–Crippen MR) is 94.5 cm³/mol. The Morgan fingerprint density at radius 1 is 1.08 bits per heavy atom. The number of Topliss-reactive ketones (excluding diaryl/α,β-unsaturated/α-hetero) is 1. The summed E-state index contributed by atoms with van der Waals surface area (Å²) in [6.07, 6.45) is 1.79. The summed E-state index contributed by atoms with van der Waals surface area (Å²) in [6.45, 7) is 5.67. The third-order valence-electron chi connectivity index (χ3n) is 3.92. The second-order valence-corrected chi connectivity index (χ2v) is 6.04. The van der Waals surface area contributed by atoms with E-state index in [0.717, 1.165) is 11.0 Å². The van der Waals surface area contributed by atoms with Crippen LogP contribution >= 0.6 is 0 Å². The summed E-state index contributed by atoms with van der Waals surface area (Å²) < 4.78 is 2.06. The molecule has 2 aromatic carbocycles. The summed E-state index contributed by atoms with van der Waals surface area (Å²) in [5.74, 6) is -0.261. The molecule has 1 amide bonds. The van der Waals surface area contributed by atoms with E-state index in [2.05, 4.69) is 28.7 Å². The minimum atomic E-state index is -0.225. The van der Waals surface area contributed by atoms with Crippen molar-refractivity contribution in [2.75, 3.05) is 5.32 Å². The molecule has 1 heterocycles. The zero-order valence-corrected chi connectivity index (χ0v) is 13.9. The van der Waals surface area contributed by atoms with Gasteiger partial charge in [0.25, 0.3) is 5.91 Å². The molecule has 0 aliphatic heterocycles. The number of amides is 1.